The van der Waals surface area contributed by atoms with Crippen molar-refractivity contribution in [3.63, 3.8) is 0 Å². The first kappa shape index (κ1) is 17.3. The highest BCUT2D eigenvalue weighted by molar-refractivity contribution is 6.32. The smallest absolute Gasteiger partial charge is 0.305 e. The molecule has 0 radical (unpaired) electrons. The molecule has 0 aliphatic rings. The standard InChI is InChI=1S/C15H20ClNO4/c1-4-17(8-7-14(18)19)15(20)11(3)21-13-9-10(2)5-6-12(13)16/h5-6,9,11H,4,7-8H2,1-3H3,(H,18,19). The maximum Gasteiger partial charge on any atom is 0.305 e. The lowest BCUT2D eigenvalue weighted by Crippen LogP contribution is -2.41. The zero-order valence-electron chi connectivity index (χ0n) is 12.4. The molecule has 1 aromatic carbocycles. The van der Waals surface area contributed by atoms with E-state index in [9.17, 15) is 9.59 Å². The highest BCUT2D eigenvalue weighted by atomic mass is 35.5. The zero-order chi connectivity index (χ0) is 16.0. The summed E-state index contributed by atoms with van der Waals surface area (Å²) in [4.78, 5) is 24.3. The largest absolute Gasteiger partial charge is 0.481 e. The second kappa shape index (κ2) is 7.88. The van der Waals surface area contributed by atoms with Crippen LogP contribution >= 0.6 is 11.6 Å². The first-order chi connectivity index (χ1) is 9.85. The second-order valence-corrected chi connectivity index (χ2v) is 5.16. The number of carbonyl (C=O) groups excluding carboxylic acids is 1. The first-order valence-electron chi connectivity index (χ1n) is 6.78. The number of halogens is 1. The van der Waals surface area contributed by atoms with Crippen LogP contribution in [0.2, 0.25) is 5.02 Å². The van der Waals surface area contributed by atoms with Crippen LogP contribution < -0.4 is 4.74 Å². The van der Waals surface area contributed by atoms with Crippen molar-refractivity contribution in [3.8, 4) is 5.75 Å². The molecule has 5 nitrogen and oxygen atoms in total. The summed E-state index contributed by atoms with van der Waals surface area (Å²) in [6.07, 6.45) is -0.810. The molecule has 1 unspecified atom stereocenters. The van der Waals surface area contributed by atoms with Crippen molar-refractivity contribution in [1.29, 1.82) is 0 Å². The number of aryl methyl sites for hydroxylation is 1. The summed E-state index contributed by atoms with van der Waals surface area (Å²) in [7, 11) is 0. The third-order valence-corrected chi connectivity index (χ3v) is 3.34. The molecule has 1 amide bonds. The summed E-state index contributed by atoms with van der Waals surface area (Å²) < 4.78 is 5.61. The van der Waals surface area contributed by atoms with Gasteiger partial charge in [0.05, 0.1) is 11.4 Å². The van der Waals surface area contributed by atoms with Gasteiger partial charge < -0.3 is 14.7 Å². The number of hydrogen-bond acceptors (Lipinski definition) is 3. The lowest BCUT2D eigenvalue weighted by atomic mass is 10.2. The number of carbonyl (C=O) groups is 2. The molecule has 0 aromatic heterocycles. The van der Waals surface area contributed by atoms with Gasteiger partial charge in [0.15, 0.2) is 6.10 Å². The van der Waals surface area contributed by atoms with E-state index in [0.29, 0.717) is 17.3 Å². The van der Waals surface area contributed by atoms with E-state index < -0.39 is 12.1 Å². The van der Waals surface area contributed by atoms with Gasteiger partial charge in [0, 0.05) is 13.1 Å². The Kier molecular flexibility index (Phi) is 6.49. The Morgan fingerprint density at radius 3 is 2.67 bits per heavy atom. The molecule has 1 aromatic rings. The Hall–Kier alpha value is -1.75. The third-order valence-electron chi connectivity index (χ3n) is 3.03. The Labute approximate surface area is 129 Å². The monoisotopic (exact) mass is 313 g/mol. The van der Waals surface area contributed by atoms with Crippen molar-refractivity contribution in [3.05, 3.63) is 28.8 Å². The fourth-order valence-electron chi connectivity index (χ4n) is 1.85. The van der Waals surface area contributed by atoms with Crippen molar-refractivity contribution < 1.29 is 19.4 Å². The number of rotatable bonds is 7. The van der Waals surface area contributed by atoms with Crippen LogP contribution in [-0.4, -0.2) is 41.1 Å². The van der Waals surface area contributed by atoms with Crippen LogP contribution in [0.15, 0.2) is 18.2 Å². The summed E-state index contributed by atoms with van der Waals surface area (Å²) in [5, 5.41) is 9.13. The third kappa shape index (κ3) is 5.27. The van der Waals surface area contributed by atoms with Crippen LogP contribution in [0.1, 0.15) is 25.8 Å². The van der Waals surface area contributed by atoms with E-state index in [0.717, 1.165) is 5.56 Å². The van der Waals surface area contributed by atoms with E-state index in [1.54, 1.807) is 26.0 Å². The molecule has 0 aliphatic carbocycles. The molecule has 1 rings (SSSR count). The summed E-state index contributed by atoms with van der Waals surface area (Å²) in [5.74, 6) is -0.736. The summed E-state index contributed by atoms with van der Waals surface area (Å²) in [5.41, 5.74) is 0.979. The zero-order valence-corrected chi connectivity index (χ0v) is 13.2. The number of hydrogen-bond donors (Lipinski definition) is 1. The van der Waals surface area contributed by atoms with Crippen molar-refractivity contribution in [2.24, 2.45) is 0 Å². The van der Waals surface area contributed by atoms with E-state index >= 15 is 0 Å². The number of carboxylic acid groups (broad SMARTS) is 1. The number of amides is 1. The predicted octanol–water partition coefficient (Wildman–Crippen LogP) is 2.74. The molecule has 6 heteroatoms. The average molecular weight is 314 g/mol. The molecule has 0 fully saturated rings. The molecular weight excluding hydrogens is 294 g/mol. The van der Waals surface area contributed by atoms with Crippen LogP contribution in [0.4, 0.5) is 0 Å². The number of benzene rings is 1. The van der Waals surface area contributed by atoms with Crippen LogP contribution in [0.3, 0.4) is 0 Å². The molecule has 0 saturated heterocycles. The number of ether oxygens (including phenoxy) is 1. The molecule has 1 atom stereocenters. The van der Waals surface area contributed by atoms with Gasteiger partial charge in [-0.2, -0.15) is 0 Å². The lowest BCUT2D eigenvalue weighted by molar-refractivity contribution is -0.140. The van der Waals surface area contributed by atoms with Gasteiger partial charge in [-0.1, -0.05) is 17.7 Å². The van der Waals surface area contributed by atoms with Crippen LogP contribution in [0, 0.1) is 6.92 Å². The van der Waals surface area contributed by atoms with E-state index in [4.69, 9.17) is 21.4 Å². The van der Waals surface area contributed by atoms with E-state index in [1.165, 1.54) is 4.90 Å². The lowest BCUT2D eigenvalue weighted by Gasteiger charge is -2.24. The second-order valence-electron chi connectivity index (χ2n) is 4.76. The van der Waals surface area contributed by atoms with Crippen molar-refractivity contribution in [1.82, 2.24) is 4.90 Å². The molecule has 0 spiro atoms. The van der Waals surface area contributed by atoms with E-state index in [2.05, 4.69) is 0 Å². The number of likely N-dealkylation sites (N-methyl/N-ethyl adjacent to an activating group) is 1. The molecule has 0 bridgehead atoms. The topological polar surface area (TPSA) is 66.8 Å². The Bertz CT molecular complexity index is 518. The quantitative estimate of drug-likeness (QED) is 0.840. The first-order valence-corrected chi connectivity index (χ1v) is 7.16. The fourth-order valence-corrected chi connectivity index (χ4v) is 2.02. The van der Waals surface area contributed by atoms with Crippen LogP contribution in [0.5, 0.6) is 5.75 Å². The predicted molar refractivity (Wildman–Crippen MR) is 80.8 cm³/mol. The van der Waals surface area contributed by atoms with Gasteiger partial charge in [0.1, 0.15) is 5.75 Å². The van der Waals surface area contributed by atoms with Crippen molar-refractivity contribution in [2.75, 3.05) is 13.1 Å². The Morgan fingerprint density at radius 1 is 1.43 bits per heavy atom. The average Bonchev–Trinajstić information content (AvgIpc) is 2.42. The van der Waals surface area contributed by atoms with Gasteiger partial charge in [-0.25, -0.2) is 0 Å². The summed E-state index contributed by atoms with van der Waals surface area (Å²) >= 11 is 6.03. The highest BCUT2D eigenvalue weighted by Gasteiger charge is 2.22. The molecule has 0 saturated carbocycles. The van der Waals surface area contributed by atoms with Crippen LogP contribution in [0.25, 0.3) is 0 Å². The van der Waals surface area contributed by atoms with Crippen molar-refractivity contribution >= 4 is 23.5 Å². The van der Waals surface area contributed by atoms with Gasteiger partial charge in [0.25, 0.3) is 5.91 Å². The van der Waals surface area contributed by atoms with Gasteiger partial charge >= 0.3 is 5.97 Å². The van der Waals surface area contributed by atoms with Gasteiger partial charge in [0.2, 0.25) is 0 Å². The minimum absolute atomic E-state index is 0.0858. The van der Waals surface area contributed by atoms with E-state index in [-0.39, 0.29) is 18.9 Å². The Morgan fingerprint density at radius 2 is 2.10 bits per heavy atom. The normalized spacial score (nSPS) is 11.8. The Balaban J connectivity index is 2.72. The molecule has 0 aliphatic heterocycles. The number of aliphatic carboxylic acids is 1. The maximum absolute atomic E-state index is 12.3. The van der Waals surface area contributed by atoms with Gasteiger partial charge in [-0.05, 0) is 38.5 Å². The number of nitrogens with zero attached hydrogens (tertiary/aromatic N) is 1. The number of carboxylic acids is 1. The molecule has 116 valence electrons. The molecular formula is C15H20ClNO4. The van der Waals surface area contributed by atoms with Gasteiger partial charge in [-0.3, -0.25) is 9.59 Å². The summed E-state index contributed by atoms with van der Waals surface area (Å²) in [6.45, 7) is 5.93. The maximum atomic E-state index is 12.3. The summed E-state index contributed by atoms with van der Waals surface area (Å²) in [6, 6.07) is 5.33. The minimum atomic E-state index is -0.934. The minimum Gasteiger partial charge on any atom is -0.481 e. The van der Waals surface area contributed by atoms with Crippen molar-refractivity contribution in [2.45, 2.75) is 33.3 Å². The molecule has 21 heavy (non-hydrogen) atoms. The fraction of sp³-hybridized carbons (Fsp3) is 0.467. The van der Waals surface area contributed by atoms with E-state index in [1.807, 2.05) is 13.0 Å². The van der Waals surface area contributed by atoms with Crippen LogP contribution in [-0.2, 0) is 9.59 Å². The molecule has 0 heterocycles. The SMILES string of the molecule is CCN(CCC(=O)O)C(=O)C(C)Oc1cc(C)ccc1Cl. The molecule has 1 N–H and O–H groups in total. The van der Waals surface area contributed by atoms with Gasteiger partial charge in [-0.15, -0.1) is 0 Å². The highest BCUT2D eigenvalue weighted by Crippen LogP contribution is 2.26.